The van der Waals surface area contributed by atoms with E-state index in [2.05, 4.69) is 62.6 Å². The van der Waals surface area contributed by atoms with Crippen LogP contribution >= 0.6 is 0 Å². The number of nitrogens with two attached hydrogens (primary N) is 1. The van der Waals surface area contributed by atoms with Gasteiger partial charge in [-0.25, -0.2) is 4.39 Å². The number of hydrogen-bond acceptors (Lipinski definition) is 5. The van der Waals surface area contributed by atoms with Crippen LogP contribution in [-0.4, -0.2) is 47.3 Å². The van der Waals surface area contributed by atoms with Crippen molar-refractivity contribution in [1.29, 1.82) is 5.26 Å². The van der Waals surface area contributed by atoms with Gasteiger partial charge in [0.1, 0.15) is 12.2 Å². The van der Waals surface area contributed by atoms with Crippen molar-refractivity contribution < 1.29 is 4.39 Å². The van der Waals surface area contributed by atoms with E-state index in [1.54, 1.807) is 0 Å². The van der Waals surface area contributed by atoms with E-state index in [1.165, 1.54) is 78.8 Å². The second-order valence-electron chi connectivity index (χ2n) is 13.9. The topological polar surface area (TPSA) is 69.2 Å². The summed E-state index contributed by atoms with van der Waals surface area (Å²) in [4.78, 5) is 10.1. The number of aryl methyl sites for hydroxylation is 1. The highest BCUT2D eigenvalue weighted by Gasteiger charge is 2.44. The molecule has 6 heteroatoms. The number of nitriles is 1. The summed E-state index contributed by atoms with van der Waals surface area (Å²) >= 11 is 0. The van der Waals surface area contributed by atoms with Gasteiger partial charge in [0.15, 0.2) is 0 Å². The van der Waals surface area contributed by atoms with Gasteiger partial charge < -0.3 is 10.6 Å². The summed E-state index contributed by atoms with van der Waals surface area (Å²) in [7, 11) is 0. The lowest BCUT2D eigenvalue weighted by atomic mass is 9.75. The van der Waals surface area contributed by atoms with E-state index in [-0.39, 0.29) is 5.54 Å². The van der Waals surface area contributed by atoms with Crippen LogP contribution in [0, 0.1) is 11.3 Å². The number of halogens is 1. The number of fused-ring (bicyclic) bond motifs is 2. The lowest BCUT2D eigenvalue weighted by Crippen LogP contribution is -2.48. The predicted molar refractivity (Wildman–Crippen MR) is 177 cm³/mol. The summed E-state index contributed by atoms with van der Waals surface area (Å²) in [6.45, 7) is 14.1. The third kappa shape index (κ3) is 6.44. The Morgan fingerprint density at radius 1 is 1.21 bits per heavy atom. The number of pyridine rings is 1. The monoisotopic (exact) mass is 587 g/mol. The molecule has 0 radical (unpaired) electrons. The quantitative estimate of drug-likeness (QED) is 0.315. The van der Waals surface area contributed by atoms with Crippen molar-refractivity contribution in [2.45, 2.75) is 141 Å². The Balaban J connectivity index is 0.000000308. The fourth-order valence-electron chi connectivity index (χ4n) is 8.21. The molecule has 2 N–H and O–H groups in total. The first-order valence-corrected chi connectivity index (χ1v) is 17.2. The van der Waals surface area contributed by atoms with E-state index in [4.69, 9.17) is 10.7 Å². The molecular weight excluding hydrogens is 533 g/mol. The molecule has 1 aromatic carbocycles. The van der Waals surface area contributed by atoms with Gasteiger partial charge >= 0.3 is 0 Å². The van der Waals surface area contributed by atoms with Crippen LogP contribution in [0.15, 0.2) is 18.2 Å². The lowest BCUT2D eigenvalue weighted by molar-refractivity contribution is 0.217. The third-order valence-corrected chi connectivity index (χ3v) is 11.1. The van der Waals surface area contributed by atoms with Crippen molar-refractivity contribution in [2.24, 2.45) is 0 Å². The number of hydrogen-bond donors (Lipinski definition) is 1. The highest BCUT2D eigenvalue weighted by atomic mass is 19.1. The molecule has 234 valence electrons. The maximum atomic E-state index is 12.8. The van der Waals surface area contributed by atoms with Gasteiger partial charge in [0.2, 0.25) is 0 Å². The smallest absolute Gasteiger partial charge is 0.115 e. The minimum absolute atomic E-state index is 0.236. The van der Waals surface area contributed by atoms with Crippen LogP contribution in [0.25, 0.3) is 0 Å². The normalized spacial score (nSPS) is 27.0. The molecule has 43 heavy (non-hydrogen) atoms. The Morgan fingerprint density at radius 3 is 2.67 bits per heavy atom. The van der Waals surface area contributed by atoms with Gasteiger partial charge in [-0.15, -0.1) is 0 Å². The van der Waals surface area contributed by atoms with Gasteiger partial charge in [0.25, 0.3) is 0 Å². The molecule has 4 heterocycles. The summed E-state index contributed by atoms with van der Waals surface area (Å²) in [5.74, 6) is 0.722. The molecule has 3 saturated heterocycles. The number of benzene rings is 1. The molecular formula is C37H54FN5. The number of anilines is 2. The highest BCUT2D eigenvalue weighted by Crippen LogP contribution is 2.44. The van der Waals surface area contributed by atoms with E-state index in [9.17, 15) is 9.65 Å². The number of alkyl halides is 1. The number of rotatable bonds is 8. The van der Waals surface area contributed by atoms with Gasteiger partial charge in [-0.3, -0.25) is 9.88 Å². The van der Waals surface area contributed by atoms with Gasteiger partial charge in [-0.05, 0) is 118 Å². The van der Waals surface area contributed by atoms with Crippen molar-refractivity contribution >= 4 is 11.4 Å². The summed E-state index contributed by atoms with van der Waals surface area (Å²) in [5, 5.41) is 9.99. The van der Waals surface area contributed by atoms with E-state index in [1.807, 2.05) is 6.07 Å². The van der Waals surface area contributed by atoms with Crippen molar-refractivity contribution in [3.05, 3.63) is 51.8 Å². The summed E-state index contributed by atoms with van der Waals surface area (Å²) in [5.41, 5.74) is 15.7. The molecule has 1 aromatic heterocycles. The Kier molecular flexibility index (Phi) is 10.0. The standard InChI is InChI=1S/C29H40N4.C8H14FN/c1-5-8-9-22-14-15-33(22)28-17-21(7-3)32-27-16-20(10-11-24(27)28)29-23(19(4)6-2)12-13-26(31)25(29)18-30;1-8-3-2-4-10(8)6-7(9)5-8/h12-13,17,19-20,22H,5-11,14-16,31H2,1-4H3;7H,2-6H2,1H3/t19-,20?,22?;/m0./s1. The van der Waals surface area contributed by atoms with Crippen LogP contribution in [0.5, 0.6) is 0 Å². The van der Waals surface area contributed by atoms with Crippen molar-refractivity contribution in [1.82, 2.24) is 9.88 Å². The minimum Gasteiger partial charge on any atom is -0.398 e. The van der Waals surface area contributed by atoms with E-state index < -0.39 is 6.17 Å². The zero-order valence-electron chi connectivity index (χ0n) is 27.4. The van der Waals surface area contributed by atoms with Gasteiger partial charge in [-0.2, -0.15) is 5.26 Å². The minimum atomic E-state index is -0.551. The molecule has 4 aliphatic rings. The second-order valence-corrected chi connectivity index (χ2v) is 13.9. The first kappa shape index (κ1) is 31.8. The first-order chi connectivity index (χ1) is 20.7. The predicted octanol–water partition coefficient (Wildman–Crippen LogP) is 8.24. The second kappa shape index (κ2) is 13.6. The lowest BCUT2D eigenvalue weighted by Gasteiger charge is -2.45. The zero-order valence-corrected chi connectivity index (χ0v) is 27.4. The fourth-order valence-corrected chi connectivity index (χ4v) is 8.21. The summed E-state index contributed by atoms with van der Waals surface area (Å²) < 4.78 is 12.8. The molecule has 0 spiro atoms. The maximum absolute atomic E-state index is 12.8. The van der Waals surface area contributed by atoms with E-state index in [0.717, 1.165) is 45.1 Å². The molecule has 0 bridgehead atoms. The molecule has 5 nitrogen and oxygen atoms in total. The Hall–Kier alpha value is -2.65. The van der Waals surface area contributed by atoms with Crippen LogP contribution in [0.2, 0.25) is 0 Å². The molecule has 6 rings (SSSR count). The van der Waals surface area contributed by atoms with Crippen LogP contribution in [-0.2, 0) is 19.3 Å². The molecule has 0 amide bonds. The van der Waals surface area contributed by atoms with Gasteiger partial charge in [0, 0.05) is 47.4 Å². The Labute approximate surface area is 260 Å². The molecule has 3 fully saturated rings. The summed E-state index contributed by atoms with van der Waals surface area (Å²) in [6.07, 6.45) is 12.9. The highest BCUT2D eigenvalue weighted by molar-refractivity contribution is 5.64. The SMILES string of the molecule is CC12CCCN1CC(F)C2.CCCCC1CCN1c1cc(CC)nc2c1CCC(c1c([C@@H](C)CC)ccc(N)c1C#N)C2. The van der Waals surface area contributed by atoms with Gasteiger partial charge in [0.05, 0.1) is 5.56 Å². The van der Waals surface area contributed by atoms with Crippen molar-refractivity contribution in [3.8, 4) is 6.07 Å². The largest absolute Gasteiger partial charge is 0.398 e. The third-order valence-electron chi connectivity index (χ3n) is 11.1. The van der Waals surface area contributed by atoms with Crippen LogP contribution < -0.4 is 10.6 Å². The number of nitrogens with zero attached hydrogens (tertiary/aromatic N) is 4. The fraction of sp³-hybridized carbons (Fsp3) is 0.676. The van der Waals surface area contributed by atoms with E-state index in [0.29, 0.717) is 35.7 Å². The average molecular weight is 588 g/mol. The van der Waals surface area contributed by atoms with Crippen LogP contribution in [0.4, 0.5) is 15.8 Å². The number of unbranched alkanes of at least 4 members (excludes halogenated alkanes) is 1. The molecule has 1 aliphatic carbocycles. The molecule has 2 aromatic rings. The van der Waals surface area contributed by atoms with Crippen LogP contribution in [0.1, 0.15) is 138 Å². The summed E-state index contributed by atoms with van der Waals surface area (Å²) in [6, 6.07) is 9.59. The van der Waals surface area contributed by atoms with Crippen molar-refractivity contribution in [3.63, 3.8) is 0 Å². The first-order valence-electron chi connectivity index (χ1n) is 17.2. The van der Waals surface area contributed by atoms with Gasteiger partial charge in [-0.1, -0.05) is 46.6 Å². The average Bonchev–Trinajstić information content (AvgIpc) is 3.48. The molecule has 5 atom stereocenters. The molecule has 3 aliphatic heterocycles. The molecule has 4 unspecified atom stereocenters. The number of aromatic nitrogens is 1. The number of nitrogen functional groups attached to an aromatic ring is 1. The van der Waals surface area contributed by atoms with E-state index >= 15 is 0 Å². The Morgan fingerprint density at radius 2 is 2.02 bits per heavy atom. The van der Waals surface area contributed by atoms with Crippen molar-refractivity contribution in [2.75, 3.05) is 30.3 Å². The van der Waals surface area contributed by atoms with Crippen LogP contribution in [0.3, 0.4) is 0 Å². The Bertz CT molecular complexity index is 1320. The maximum Gasteiger partial charge on any atom is 0.115 e. The molecule has 0 saturated carbocycles. The zero-order chi connectivity index (χ0) is 30.7.